The number of halogens is 1. The second kappa shape index (κ2) is 7.85. The number of phenolic OH excluding ortho intramolecular Hbond substituents is 1. The van der Waals surface area contributed by atoms with E-state index in [1.165, 1.54) is 18.2 Å². The van der Waals surface area contributed by atoms with Gasteiger partial charge in [0, 0.05) is 6.92 Å². The van der Waals surface area contributed by atoms with Gasteiger partial charge in [0.2, 0.25) is 0 Å². The fourth-order valence-electron chi connectivity index (χ4n) is 1.47. The average Bonchev–Trinajstić information content (AvgIpc) is 2.28. The molecule has 0 bridgehead atoms. The zero-order valence-corrected chi connectivity index (χ0v) is 12.4. The van der Waals surface area contributed by atoms with Crippen LogP contribution >= 0.6 is 0 Å². The number of aromatic hydroxyl groups is 1. The minimum absolute atomic E-state index is 0.156. The highest BCUT2D eigenvalue weighted by Gasteiger charge is 2.15. The van der Waals surface area contributed by atoms with E-state index in [9.17, 15) is 14.6 Å². The molecule has 0 aliphatic rings. The summed E-state index contributed by atoms with van der Waals surface area (Å²) < 4.78 is 12.8. The average molecular weight is 286 g/mol. The first kappa shape index (κ1) is 18.4. The van der Waals surface area contributed by atoms with Gasteiger partial charge in [-0.3, -0.25) is 4.79 Å². The maximum atomic E-state index is 12.8. The molecular weight excluding hydrogens is 263 g/mol. The van der Waals surface area contributed by atoms with Gasteiger partial charge in [-0.05, 0) is 36.0 Å². The molecule has 0 unspecified atom stereocenters. The molecule has 1 rings (SSSR count). The van der Waals surface area contributed by atoms with E-state index < -0.39 is 23.6 Å². The summed E-state index contributed by atoms with van der Waals surface area (Å²) in [5, 5.41) is 26.5. The lowest BCUT2D eigenvalue weighted by atomic mass is 9.88. The van der Waals surface area contributed by atoms with Crippen molar-refractivity contribution in [2.45, 2.75) is 46.6 Å². The molecule has 0 amide bonds. The lowest BCUT2D eigenvalue weighted by molar-refractivity contribution is -0.134. The highest BCUT2D eigenvalue weighted by Crippen LogP contribution is 2.29. The van der Waals surface area contributed by atoms with Gasteiger partial charge in [0.15, 0.2) is 11.6 Å². The molecule has 0 heterocycles. The van der Waals surface area contributed by atoms with E-state index in [0.29, 0.717) is 12.0 Å². The van der Waals surface area contributed by atoms with Crippen molar-refractivity contribution in [3.8, 4) is 5.75 Å². The quantitative estimate of drug-likeness (QED) is 0.795. The molecule has 0 aliphatic carbocycles. The number of benzene rings is 1. The highest BCUT2D eigenvalue weighted by molar-refractivity contribution is 5.62. The third-order valence-corrected chi connectivity index (χ3v) is 2.52. The van der Waals surface area contributed by atoms with Crippen LogP contribution in [0.1, 0.15) is 52.2 Å². The fourth-order valence-corrected chi connectivity index (χ4v) is 1.47. The van der Waals surface area contributed by atoms with E-state index in [1.807, 2.05) is 0 Å². The van der Waals surface area contributed by atoms with Gasteiger partial charge < -0.3 is 15.3 Å². The summed E-state index contributed by atoms with van der Waals surface area (Å²) in [4.78, 5) is 9.00. The number of aliphatic carboxylic acids is 1. The minimum atomic E-state index is -0.833. The number of aliphatic hydroxyl groups excluding tert-OH is 1. The van der Waals surface area contributed by atoms with Gasteiger partial charge >= 0.3 is 0 Å². The topological polar surface area (TPSA) is 77.8 Å². The van der Waals surface area contributed by atoms with Gasteiger partial charge in [-0.2, -0.15) is 0 Å². The standard InChI is InChI=1S/C13H19FO2.C2H4O2/c1-13(2,3)7-6-11(15)9-4-5-10(14)12(16)8-9;1-2(3)4/h4-5,8,11,15-16H,6-7H2,1-3H3;1H3,(H,3,4)/t11-;/m0./s1. The number of carbonyl (C=O) groups is 1. The molecule has 0 aromatic heterocycles. The van der Waals surface area contributed by atoms with Crippen molar-refractivity contribution in [2.75, 3.05) is 0 Å². The Bertz CT molecular complexity index is 434. The number of aliphatic hydroxyl groups is 1. The lowest BCUT2D eigenvalue weighted by Crippen LogP contribution is -2.08. The first-order valence-electron chi connectivity index (χ1n) is 6.39. The smallest absolute Gasteiger partial charge is 0.300 e. The molecule has 0 saturated heterocycles. The largest absolute Gasteiger partial charge is 0.505 e. The van der Waals surface area contributed by atoms with Gasteiger partial charge in [0.1, 0.15) is 0 Å². The van der Waals surface area contributed by atoms with E-state index in [0.717, 1.165) is 13.3 Å². The van der Waals surface area contributed by atoms with Crippen LogP contribution in [-0.4, -0.2) is 21.3 Å². The van der Waals surface area contributed by atoms with Crippen molar-refractivity contribution in [2.24, 2.45) is 5.41 Å². The summed E-state index contributed by atoms with van der Waals surface area (Å²) >= 11 is 0. The van der Waals surface area contributed by atoms with E-state index in [2.05, 4.69) is 20.8 Å². The predicted molar refractivity (Wildman–Crippen MR) is 75.0 cm³/mol. The van der Waals surface area contributed by atoms with Crippen molar-refractivity contribution in [3.05, 3.63) is 29.6 Å². The van der Waals surface area contributed by atoms with Gasteiger partial charge in [0.05, 0.1) is 6.10 Å². The Hall–Kier alpha value is -1.62. The van der Waals surface area contributed by atoms with Crippen LogP contribution in [0, 0.1) is 11.2 Å². The monoisotopic (exact) mass is 286 g/mol. The molecule has 0 fully saturated rings. The molecule has 1 aromatic rings. The zero-order valence-electron chi connectivity index (χ0n) is 12.4. The molecule has 0 aliphatic heterocycles. The number of carboxylic acids is 1. The molecule has 114 valence electrons. The van der Waals surface area contributed by atoms with E-state index in [1.54, 1.807) is 0 Å². The Balaban J connectivity index is 0.000000796. The van der Waals surface area contributed by atoms with Crippen molar-refractivity contribution >= 4 is 5.97 Å². The summed E-state index contributed by atoms with van der Waals surface area (Å²) in [5.41, 5.74) is 0.714. The van der Waals surface area contributed by atoms with Crippen LogP contribution in [-0.2, 0) is 4.79 Å². The molecular formula is C15H23FO4. The SMILES string of the molecule is CC(=O)O.CC(C)(C)CC[C@H](O)c1ccc(F)c(O)c1. The number of phenols is 1. The van der Waals surface area contributed by atoms with Crippen LogP contribution in [0.25, 0.3) is 0 Å². The molecule has 1 atom stereocenters. The fraction of sp³-hybridized carbons (Fsp3) is 0.533. The summed E-state index contributed by atoms with van der Waals surface area (Å²) in [5.74, 6) is -1.90. The van der Waals surface area contributed by atoms with Crippen LogP contribution in [0.5, 0.6) is 5.75 Å². The Morgan fingerprint density at radius 2 is 1.85 bits per heavy atom. The van der Waals surface area contributed by atoms with Gasteiger partial charge in [-0.25, -0.2) is 4.39 Å². The zero-order chi connectivity index (χ0) is 15.9. The first-order valence-corrected chi connectivity index (χ1v) is 6.39. The Morgan fingerprint density at radius 3 is 2.25 bits per heavy atom. The third kappa shape index (κ3) is 8.48. The third-order valence-electron chi connectivity index (χ3n) is 2.52. The number of rotatable bonds is 3. The number of hydrogen-bond donors (Lipinski definition) is 3. The minimum Gasteiger partial charge on any atom is -0.505 e. The molecule has 0 radical (unpaired) electrons. The summed E-state index contributed by atoms with van der Waals surface area (Å²) in [7, 11) is 0. The van der Waals surface area contributed by atoms with E-state index in [4.69, 9.17) is 9.90 Å². The van der Waals surface area contributed by atoms with E-state index >= 15 is 0 Å². The molecule has 0 saturated carbocycles. The summed E-state index contributed by atoms with van der Waals surface area (Å²) in [6.45, 7) is 7.38. The predicted octanol–water partition coefficient (Wildman–Crippen LogP) is 3.48. The molecule has 4 nitrogen and oxygen atoms in total. The van der Waals surface area contributed by atoms with Gasteiger partial charge in [0.25, 0.3) is 5.97 Å². The Labute approximate surface area is 118 Å². The second-order valence-electron chi connectivity index (χ2n) is 5.85. The lowest BCUT2D eigenvalue weighted by Gasteiger charge is -2.20. The van der Waals surface area contributed by atoms with Gasteiger partial charge in [-0.1, -0.05) is 26.8 Å². The van der Waals surface area contributed by atoms with Crippen LogP contribution < -0.4 is 0 Å². The maximum Gasteiger partial charge on any atom is 0.300 e. The second-order valence-corrected chi connectivity index (χ2v) is 5.85. The van der Waals surface area contributed by atoms with Crippen LogP contribution in [0.2, 0.25) is 0 Å². The molecule has 5 heteroatoms. The normalized spacial score (nSPS) is 12.3. The number of carboxylic acid groups (broad SMARTS) is 1. The van der Waals surface area contributed by atoms with Crippen molar-refractivity contribution in [1.82, 2.24) is 0 Å². The maximum absolute atomic E-state index is 12.8. The van der Waals surface area contributed by atoms with E-state index in [-0.39, 0.29) is 5.41 Å². The summed E-state index contributed by atoms with van der Waals surface area (Å²) in [6, 6.07) is 3.95. The molecule has 1 aromatic carbocycles. The van der Waals surface area contributed by atoms with Gasteiger partial charge in [-0.15, -0.1) is 0 Å². The first-order chi connectivity index (χ1) is 9.03. The van der Waals surface area contributed by atoms with Crippen molar-refractivity contribution in [3.63, 3.8) is 0 Å². The molecule has 3 N–H and O–H groups in total. The van der Waals surface area contributed by atoms with Crippen molar-refractivity contribution in [1.29, 1.82) is 0 Å². The van der Waals surface area contributed by atoms with Crippen molar-refractivity contribution < 1.29 is 24.5 Å². The Morgan fingerprint density at radius 1 is 1.35 bits per heavy atom. The molecule has 0 spiro atoms. The van der Waals surface area contributed by atoms with Crippen LogP contribution in [0.3, 0.4) is 0 Å². The van der Waals surface area contributed by atoms with Crippen LogP contribution in [0.4, 0.5) is 4.39 Å². The Kier molecular flexibility index (Phi) is 7.21. The number of hydrogen-bond acceptors (Lipinski definition) is 3. The summed E-state index contributed by atoms with van der Waals surface area (Å²) in [6.07, 6.45) is 0.826. The molecule has 20 heavy (non-hydrogen) atoms. The highest BCUT2D eigenvalue weighted by atomic mass is 19.1. The van der Waals surface area contributed by atoms with Crippen LogP contribution in [0.15, 0.2) is 18.2 Å².